The summed E-state index contributed by atoms with van der Waals surface area (Å²) in [6.07, 6.45) is 4.79. The minimum absolute atomic E-state index is 0.195. The van der Waals surface area contributed by atoms with Crippen LogP contribution in [0.2, 0.25) is 0 Å². The molecule has 0 saturated carbocycles. The Morgan fingerprint density at radius 1 is 1.18 bits per heavy atom. The van der Waals surface area contributed by atoms with Gasteiger partial charge in [0.2, 0.25) is 0 Å². The third kappa shape index (κ3) is 3.80. The average Bonchev–Trinajstić information content (AvgIpc) is 2.83. The molecule has 0 aliphatic carbocycles. The average molecular weight is 230 g/mol. The summed E-state index contributed by atoms with van der Waals surface area (Å²) in [5.74, 6) is 0. The maximum atomic E-state index is 9.10. The van der Waals surface area contributed by atoms with Crippen molar-refractivity contribution in [3.05, 3.63) is 47.7 Å². The van der Waals surface area contributed by atoms with Crippen LogP contribution in [0.4, 0.5) is 0 Å². The van der Waals surface area contributed by atoms with E-state index in [2.05, 4.69) is 22.0 Å². The van der Waals surface area contributed by atoms with Gasteiger partial charge in [-0.2, -0.15) is 0 Å². The summed E-state index contributed by atoms with van der Waals surface area (Å²) >= 11 is 0. The van der Waals surface area contributed by atoms with Gasteiger partial charge in [-0.1, -0.05) is 30.3 Å². The predicted octanol–water partition coefficient (Wildman–Crippen LogP) is 1.84. The Hall–Kier alpha value is -1.45. The molecule has 0 spiro atoms. The molecule has 1 heterocycles. The highest BCUT2D eigenvalue weighted by Gasteiger charge is 2.09. The molecule has 0 unspecified atom stereocenters. The van der Waals surface area contributed by atoms with E-state index in [-0.39, 0.29) is 6.61 Å². The lowest BCUT2D eigenvalue weighted by molar-refractivity contribution is 0.200. The molecule has 90 valence electrons. The minimum Gasteiger partial charge on any atom is -0.395 e. The van der Waals surface area contributed by atoms with Crippen molar-refractivity contribution in [1.82, 2.24) is 4.90 Å². The smallest absolute Gasteiger partial charge is 0.0558 e. The van der Waals surface area contributed by atoms with E-state index in [0.717, 1.165) is 19.5 Å². The van der Waals surface area contributed by atoms with Gasteiger partial charge in [0.25, 0.3) is 0 Å². The maximum Gasteiger partial charge on any atom is 0.0558 e. The van der Waals surface area contributed by atoms with Crippen LogP contribution in [0.25, 0.3) is 0 Å². The first kappa shape index (κ1) is 12.0. The predicted molar refractivity (Wildman–Crippen MR) is 70.0 cm³/mol. The van der Waals surface area contributed by atoms with Crippen molar-refractivity contribution in [3.8, 4) is 0 Å². The Morgan fingerprint density at radius 3 is 2.65 bits per heavy atom. The van der Waals surface area contributed by atoms with Crippen LogP contribution in [0, 0.1) is 0 Å². The molecular formula is C14H18N2O. The Kier molecular flexibility index (Phi) is 4.47. The van der Waals surface area contributed by atoms with Crippen LogP contribution < -0.4 is 0 Å². The number of aliphatic imine (C=N–C) groups is 1. The number of benzene rings is 1. The summed E-state index contributed by atoms with van der Waals surface area (Å²) in [6.45, 7) is 2.65. The monoisotopic (exact) mass is 230 g/mol. The third-order valence-electron chi connectivity index (χ3n) is 2.81. The Labute approximate surface area is 102 Å². The molecule has 1 N–H and O–H groups in total. The van der Waals surface area contributed by atoms with Gasteiger partial charge in [0.15, 0.2) is 0 Å². The first-order valence-electron chi connectivity index (χ1n) is 5.95. The molecule has 0 bridgehead atoms. The molecule has 1 aromatic carbocycles. The van der Waals surface area contributed by atoms with Gasteiger partial charge in [-0.25, -0.2) is 0 Å². The van der Waals surface area contributed by atoms with Crippen molar-refractivity contribution in [3.63, 3.8) is 0 Å². The number of rotatable bonds is 6. The van der Waals surface area contributed by atoms with E-state index in [1.165, 1.54) is 11.1 Å². The van der Waals surface area contributed by atoms with E-state index in [9.17, 15) is 0 Å². The zero-order valence-electron chi connectivity index (χ0n) is 9.92. The van der Waals surface area contributed by atoms with Crippen molar-refractivity contribution < 1.29 is 5.11 Å². The molecule has 1 aliphatic heterocycles. The molecule has 3 heteroatoms. The quantitative estimate of drug-likeness (QED) is 0.809. The lowest BCUT2D eigenvalue weighted by atomic mass is 10.2. The highest BCUT2D eigenvalue weighted by molar-refractivity contribution is 5.65. The van der Waals surface area contributed by atoms with Crippen molar-refractivity contribution in [1.29, 1.82) is 0 Å². The zero-order valence-corrected chi connectivity index (χ0v) is 9.92. The van der Waals surface area contributed by atoms with Crippen molar-refractivity contribution in [2.24, 2.45) is 4.99 Å². The first-order chi connectivity index (χ1) is 8.38. The van der Waals surface area contributed by atoms with Gasteiger partial charge in [-0.3, -0.25) is 9.89 Å². The summed E-state index contributed by atoms with van der Waals surface area (Å²) in [6, 6.07) is 10.3. The van der Waals surface area contributed by atoms with Gasteiger partial charge >= 0.3 is 0 Å². The van der Waals surface area contributed by atoms with Crippen molar-refractivity contribution in [2.75, 3.05) is 19.7 Å². The van der Waals surface area contributed by atoms with Crippen molar-refractivity contribution >= 4 is 6.21 Å². The second-order valence-electron chi connectivity index (χ2n) is 4.24. The van der Waals surface area contributed by atoms with Crippen LogP contribution in [0.3, 0.4) is 0 Å². The van der Waals surface area contributed by atoms with Crippen LogP contribution in [-0.4, -0.2) is 35.9 Å². The third-order valence-corrected chi connectivity index (χ3v) is 2.81. The summed E-state index contributed by atoms with van der Waals surface area (Å²) < 4.78 is 0. The van der Waals surface area contributed by atoms with Gasteiger partial charge in [0.05, 0.1) is 6.61 Å². The van der Waals surface area contributed by atoms with Gasteiger partial charge in [-0.15, -0.1) is 0 Å². The van der Waals surface area contributed by atoms with Crippen LogP contribution in [0.1, 0.15) is 12.0 Å². The van der Waals surface area contributed by atoms with Crippen molar-refractivity contribution in [2.45, 2.75) is 13.0 Å². The molecule has 0 aromatic heterocycles. The second kappa shape index (κ2) is 6.33. The SMILES string of the molecule is OCCN(CC1=CN=CC1)Cc1ccccc1. The van der Waals surface area contributed by atoms with E-state index in [1.807, 2.05) is 30.6 Å². The summed E-state index contributed by atoms with van der Waals surface area (Å²) in [4.78, 5) is 6.35. The van der Waals surface area contributed by atoms with Gasteiger partial charge < -0.3 is 5.11 Å². The Balaban J connectivity index is 1.92. The van der Waals surface area contributed by atoms with Gasteiger partial charge in [0, 0.05) is 38.5 Å². The number of aliphatic hydroxyl groups is 1. The first-order valence-corrected chi connectivity index (χ1v) is 5.95. The standard InChI is InChI=1S/C14H18N2O/c17-9-8-16(12-14-6-7-15-10-14)11-13-4-2-1-3-5-13/h1-5,7,10,17H,6,8-9,11-12H2. The highest BCUT2D eigenvalue weighted by atomic mass is 16.3. The fourth-order valence-corrected chi connectivity index (χ4v) is 1.97. The summed E-state index contributed by atoms with van der Waals surface area (Å²) in [5.41, 5.74) is 2.59. The van der Waals surface area contributed by atoms with E-state index in [4.69, 9.17) is 5.11 Å². The topological polar surface area (TPSA) is 35.8 Å². The normalized spacial score (nSPS) is 14.4. The molecule has 0 amide bonds. The molecule has 2 rings (SSSR count). The highest BCUT2D eigenvalue weighted by Crippen LogP contribution is 2.11. The minimum atomic E-state index is 0.195. The molecule has 0 radical (unpaired) electrons. The zero-order chi connectivity index (χ0) is 11.9. The molecular weight excluding hydrogens is 212 g/mol. The second-order valence-corrected chi connectivity index (χ2v) is 4.24. The number of aliphatic hydroxyl groups excluding tert-OH is 1. The number of hydrogen-bond acceptors (Lipinski definition) is 3. The lowest BCUT2D eigenvalue weighted by Gasteiger charge is -2.21. The largest absolute Gasteiger partial charge is 0.395 e. The van der Waals surface area contributed by atoms with E-state index in [0.29, 0.717) is 6.54 Å². The fourth-order valence-electron chi connectivity index (χ4n) is 1.97. The van der Waals surface area contributed by atoms with Gasteiger partial charge in [-0.05, 0) is 11.1 Å². The van der Waals surface area contributed by atoms with Crippen LogP contribution in [0.5, 0.6) is 0 Å². The lowest BCUT2D eigenvalue weighted by Crippen LogP contribution is -2.28. The van der Waals surface area contributed by atoms with E-state index in [1.54, 1.807) is 0 Å². The molecule has 1 aromatic rings. The summed E-state index contributed by atoms with van der Waals surface area (Å²) in [5, 5.41) is 9.10. The summed E-state index contributed by atoms with van der Waals surface area (Å²) in [7, 11) is 0. The van der Waals surface area contributed by atoms with Crippen LogP contribution in [-0.2, 0) is 6.54 Å². The molecule has 3 nitrogen and oxygen atoms in total. The Bertz CT molecular complexity index is 398. The molecule has 0 atom stereocenters. The van der Waals surface area contributed by atoms with Crippen LogP contribution in [0.15, 0.2) is 47.1 Å². The molecule has 0 saturated heterocycles. The molecule has 0 fully saturated rings. The molecule has 1 aliphatic rings. The molecule has 17 heavy (non-hydrogen) atoms. The van der Waals surface area contributed by atoms with Crippen LogP contribution >= 0.6 is 0 Å². The number of nitrogens with zero attached hydrogens (tertiary/aromatic N) is 2. The number of hydrogen-bond donors (Lipinski definition) is 1. The fraction of sp³-hybridized carbons (Fsp3) is 0.357. The van der Waals surface area contributed by atoms with Gasteiger partial charge in [0.1, 0.15) is 0 Å². The Morgan fingerprint density at radius 2 is 2.00 bits per heavy atom. The van der Waals surface area contributed by atoms with E-state index >= 15 is 0 Å². The van der Waals surface area contributed by atoms with E-state index < -0.39 is 0 Å². The maximum absolute atomic E-state index is 9.10.